The van der Waals surface area contributed by atoms with E-state index >= 15 is 0 Å². The maximum atomic E-state index is 12.3. The molecule has 0 aliphatic carbocycles. The maximum Gasteiger partial charge on any atom is 0.413 e. The molecule has 0 spiro atoms. The molecule has 1 aromatic heterocycles. The number of amides is 3. The van der Waals surface area contributed by atoms with Gasteiger partial charge in [0, 0.05) is 34.4 Å². The predicted molar refractivity (Wildman–Crippen MR) is 146 cm³/mol. The van der Waals surface area contributed by atoms with Gasteiger partial charge in [-0.25, -0.2) is 4.79 Å². The maximum absolute atomic E-state index is 12.3. The minimum Gasteiger partial charge on any atom is -0.426 e. The van der Waals surface area contributed by atoms with E-state index in [4.69, 9.17) is 4.74 Å². The van der Waals surface area contributed by atoms with Gasteiger partial charge in [0.05, 0.1) is 11.3 Å². The van der Waals surface area contributed by atoms with Crippen LogP contribution in [0, 0.1) is 0 Å². The zero-order chi connectivity index (χ0) is 26.2. The van der Waals surface area contributed by atoms with Gasteiger partial charge >= 0.3 is 6.09 Å². The molecule has 0 fully saturated rings. The molecule has 1 atom stereocenters. The highest BCUT2D eigenvalue weighted by Gasteiger charge is 2.14. The summed E-state index contributed by atoms with van der Waals surface area (Å²) in [6.07, 6.45) is 2.35. The summed E-state index contributed by atoms with van der Waals surface area (Å²) in [5, 5.41) is 10.1. The van der Waals surface area contributed by atoms with E-state index in [2.05, 4.69) is 36.9 Å². The van der Waals surface area contributed by atoms with E-state index in [1.54, 1.807) is 37.4 Å². The summed E-state index contributed by atoms with van der Waals surface area (Å²) in [5.41, 5.74) is 2.64. The first-order valence-corrected chi connectivity index (χ1v) is 12.4. The molecular formula is C28H25BrN4O4. The van der Waals surface area contributed by atoms with Gasteiger partial charge in [0.15, 0.2) is 6.23 Å². The van der Waals surface area contributed by atoms with Gasteiger partial charge in [0.2, 0.25) is 5.91 Å². The molecule has 0 aliphatic rings. The van der Waals surface area contributed by atoms with Crippen LogP contribution in [-0.4, -0.2) is 29.1 Å². The number of fused-ring (bicyclic) bond motifs is 1. The van der Waals surface area contributed by atoms with E-state index < -0.39 is 12.3 Å². The number of nitrogens with one attached hydrogen (secondary N) is 3. The molecule has 188 valence electrons. The average Bonchev–Trinajstić information content (AvgIpc) is 2.88. The Labute approximate surface area is 222 Å². The number of hydrogen-bond donors (Lipinski definition) is 3. The summed E-state index contributed by atoms with van der Waals surface area (Å²) in [4.78, 5) is 41.0. The van der Waals surface area contributed by atoms with Gasteiger partial charge < -0.3 is 15.4 Å². The highest BCUT2D eigenvalue weighted by atomic mass is 79.9. The number of carbonyl (C=O) groups excluding carboxylic acids is 3. The Bertz CT molecular complexity index is 1420. The van der Waals surface area contributed by atoms with Gasteiger partial charge in [-0.15, -0.1) is 0 Å². The summed E-state index contributed by atoms with van der Waals surface area (Å²) in [6, 6.07) is 22.2. The lowest BCUT2D eigenvalue weighted by molar-refractivity contribution is -0.123. The van der Waals surface area contributed by atoms with E-state index in [1.807, 2.05) is 48.5 Å². The Balaban J connectivity index is 1.21. The number of pyridine rings is 1. The number of carbonyl (C=O) groups is 3. The molecule has 0 radical (unpaired) electrons. The third kappa shape index (κ3) is 7.37. The van der Waals surface area contributed by atoms with Crippen LogP contribution in [0.3, 0.4) is 0 Å². The van der Waals surface area contributed by atoms with Crippen molar-refractivity contribution in [3.63, 3.8) is 0 Å². The molecule has 1 heterocycles. The molecule has 9 heteroatoms. The van der Waals surface area contributed by atoms with Crippen molar-refractivity contribution in [3.8, 4) is 0 Å². The molecule has 3 amide bonds. The summed E-state index contributed by atoms with van der Waals surface area (Å²) in [7, 11) is 0. The van der Waals surface area contributed by atoms with Gasteiger partial charge in [-0.3, -0.25) is 19.9 Å². The smallest absolute Gasteiger partial charge is 0.413 e. The quantitative estimate of drug-likeness (QED) is 0.233. The molecule has 0 saturated heterocycles. The predicted octanol–water partition coefficient (Wildman–Crippen LogP) is 5.89. The third-order valence-electron chi connectivity index (χ3n) is 5.49. The molecular weight excluding hydrogens is 536 g/mol. The highest BCUT2D eigenvalue weighted by Crippen LogP contribution is 2.23. The molecule has 3 aromatic carbocycles. The van der Waals surface area contributed by atoms with Crippen molar-refractivity contribution in [1.29, 1.82) is 0 Å². The van der Waals surface area contributed by atoms with E-state index in [9.17, 15) is 14.4 Å². The number of rotatable bonds is 8. The van der Waals surface area contributed by atoms with Crippen LogP contribution in [0.1, 0.15) is 29.3 Å². The zero-order valence-corrected chi connectivity index (χ0v) is 21.6. The van der Waals surface area contributed by atoms with Crippen LogP contribution in [0.2, 0.25) is 0 Å². The number of anilines is 2. The minimum absolute atomic E-state index is 0.216. The lowest BCUT2D eigenvalue weighted by atomic mass is 10.1. The second-order valence-corrected chi connectivity index (χ2v) is 9.23. The van der Waals surface area contributed by atoms with Gasteiger partial charge in [-0.1, -0.05) is 48.5 Å². The van der Waals surface area contributed by atoms with E-state index in [0.29, 0.717) is 23.4 Å². The molecule has 4 aromatic rings. The lowest BCUT2D eigenvalue weighted by Gasteiger charge is -2.16. The largest absolute Gasteiger partial charge is 0.426 e. The molecule has 1 unspecified atom stereocenters. The first-order valence-electron chi connectivity index (χ1n) is 11.6. The SMILES string of the molecule is CC(NC(=O)CCc1ccc(NC(=O)c2cncc(Br)c2)cc1)OC(=O)Nc1cccc2ccccc12. The number of aromatic nitrogens is 1. The number of nitrogens with zero attached hydrogens (tertiary/aromatic N) is 1. The number of ether oxygens (including phenoxy) is 1. The fraction of sp³-hybridized carbons (Fsp3) is 0.143. The number of aryl methyl sites for hydroxylation is 1. The third-order valence-corrected chi connectivity index (χ3v) is 5.93. The van der Waals surface area contributed by atoms with Crippen LogP contribution in [-0.2, 0) is 16.0 Å². The van der Waals surface area contributed by atoms with E-state index in [-0.39, 0.29) is 18.2 Å². The van der Waals surface area contributed by atoms with Crippen LogP contribution in [0.15, 0.2) is 89.7 Å². The Morgan fingerprint density at radius 2 is 1.70 bits per heavy atom. The fourth-order valence-corrected chi connectivity index (χ4v) is 4.08. The normalized spacial score (nSPS) is 11.4. The van der Waals surface area contributed by atoms with Crippen LogP contribution >= 0.6 is 15.9 Å². The highest BCUT2D eigenvalue weighted by molar-refractivity contribution is 9.10. The van der Waals surface area contributed by atoms with Gasteiger partial charge in [-0.05, 0) is 64.5 Å². The summed E-state index contributed by atoms with van der Waals surface area (Å²) >= 11 is 3.30. The minimum atomic E-state index is -0.799. The Morgan fingerprint density at radius 1 is 0.946 bits per heavy atom. The van der Waals surface area contributed by atoms with Crippen molar-refractivity contribution in [1.82, 2.24) is 10.3 Å². The average molecular weight is 561 g/mol. The number of hydrogen-bond acceptors (Lipinski definition) is 5. The van der Waals surface area contributed by atoms with Crippen LogP contribution < -0.4 is 16.0 Å². The standard InChI is InChI=1S/C28H25BrN4O4/c1-18(37-28(36)33-25-8-4-6-20-5-2-3-7-24(20)25)31-26(34)14-11-19-9-12-23(13-10-19)32-27(35)21-15-22(29)17-30-16-21/h2-10,12-13,15-18H,11,14H2,1H3,(H,31,34)(H,32,35)(H,33,36). The molecule has 37 heavy (non-hydrogen) atoms. The summed E-state index contributed by atoms with van der Waals surface area (Å²) in [6.45, 7) is 1.60. The van der Waals surface area contributed by atoms with Crippen molar-refractivity contribution >= 4 is 56.0 Å². The fourth-order valence-electron chi connectivity index (χ4n) is 3.71. The number of benzene rings is 3. The van der Waals surface area contributed by atoms with E-state index in [1.165, 1.54) is 6.20 Å². The van der Waals surface area contributed by atoms with E-state index in [0.717, 1.165) is 20.8 Å². The monoisotopic (exact) mass is 560 g/mol. The molecule has 0 saturated carbocycles. The molecule has 0 aliphatic heterocycles. The van der Waals surface area contributed by atoms with Crippen LogP contribution in [0.25, 0.3) is 10.8 Å². The summed E-state index contributed by atoms with van der Waals surface area (Å²) < 4.78 is 6.01. The molecule has 4 rings (SSSR count). The molecule has 0 bridgehead atoms. The Hall–Kier alpha value is -4.24. The Kier molecular flexibility index (Phi) is 8.48. The number of halogens is 1. The van der Waals surface area contributed by atoms with Crippen molar-refractivity contribution in [2.75, 3.05) is 10.6 Å². The van der Waals surface area contributed by atoms with Gasteiger partial charge in [0.1, 0.15) is 0 Å². The summed E-state index contributed by atoms with van der Waals surface area (Å²) in [5.74, 6) is -0.510. The second kappa shape index (κ2) is 12.1. The Morgan fingerprint density at radius 3 is 2.49 bits per heavy atom. The second-order valence-electron chi connectivity index (χ2n) is 8.31. The van der Waals surface area contributed by atoms with Crippen LogP contribution in [0.5, 0.6) is 0 Å². The van der Waals surface area contributed by atoms with Crippen molar-refractivity contribution < 1.29 is 19.1 Å². The topological polar surface area (TPSA) is 109 Å². The lowest BCUT2D eigenvalue weighted by Crippen LogP contribution is -2.37. The molecule has 8 nitrogen and oxygen atoms in total. The van der Waals surface area contributed by atoms with Gasteiger partial charge in [0.25, 0.3) is 5.91 Å². The van der Waals surface area contributed by atoms with Gasteiger partial charge in [-0.2, -0.15) is 0 Å². The first-order chi connectivity index (χ1) is 17.9. The first kappa shape index (κ1) is 25.8. The zero-order valence-electron chi connectivity index (χ0n) is 20.0. The van der Waals surface area contributed by atoms with Crippen molar-refractivity contribution in [3.05, 3.63) is 101 Å². The van der Waals surface area contributed by atoms with Crippen LogP contribution in [0.4, 0.5) is 16.2 Å². The molecule has 3 N–H and O–H groups in total. The van der Waals surface area contributed by atoms with Crippen molar-refractivity contribution in [2.45, 2.75) is 26.0 Å². The van der Waals surface area contributed by atoms with Crippen molar-refractivity contribution in [2.24, 2.45) is 0 Å².